The van der Waals surface area contributed by atoms with Gasteiger partial charge < -0.3 is 9.47 Å². The van der Waals surface area contributed by atoms with Crippen LogP contribution in [-0.2, 0) is 0 Å². The van der Waals surface area contributed by atoms with Crippen LogP contribution >= 0.6 is 0 Å². The monoisotopic (exact) mass is 304 g/mol. The molecule has 0 aliphatic rings. The van der Waals surface area contributed by atoms with Gasteiger partial charge in [0.05, 0.1) is 0 Å². The first kappa shape index (κ1) is 13.3. The van der Waals surface area contributed by atoms with Crippen molar-refractivity contribution < 1.29 is 9.47 Å². The zero-order valence-corrected chi connectivity index (χ0v) is 12.0. The lowest BCUT2D eigenvalue weighted by Crippen LogP contribution is -1.93. The van der Waals surface area contributed by atoms with Crippen molar-refractivity contribution in [2.24, 2.45) is 0 Å². The van der Waals surface area contributed by atoms with Crippen molar-refractivity contribution >= 4 is 5.65 Å². The van der Waals surface area contributed by atoms with Crippen LogP contribution in [0.2, 0.25) is 0 Å². The van der Waals surface area contributed by atoms with Gasteiger partial charge in [-0.1, -0.05) is 18.2 Å². The number of aromatic nitrogens is 4. The van der Waals surface area contributed by atoms with E-state index in [1.807, 2.05) is 54.6 Å². The summed E-state index contributed by atoms with van der Waals surface area (Å²) in [6.07, 6.45) is 5.00. The zero-order valence-electron chi connectivity index (χ0n) is 12.0. The van der Waals surface area contributed by atoms with Crippen molar-refractivity contribution in [3.8, 4) is 23.1 Å². The minimum atomic E-state index is 0.404. The number of rotatable bonds is 4. The summed E-state index contributed by atoms with van der Waals surface area (Å²) in [4.78, 5) is 4.19. The van der Waals surface area contributed by atoms with E-state index in [-0.39, 0.29) is 0 Å². The maximum absolute atomic E-state index is 5.77. The molecule has 0 amide bonds. The molecular weight excluding hydrogens is 292 g/mol. The molecule has 0 aliphatic heterocycles. The molecule has 0 unspecified atom stereocenters. The molecular formula is C17H12N4O2. The maximum atomic E-state index is 5.77. The number of fused-ring (bicyclic) bond motifs is 1. The smallest absolute Gasteiger partial charge is 0.265 e. The molecule has 0 fully saturated rings. The zero-order chi connectivity index (χ0) is 15.5. The van der Waals surface area contributed by atoms with Crippen LogP contribution in [0, 0.1) is 0 Å². The molecule has 6 heteroatoms. The van der Waals surface area contributed by atoms with Crippen LogP contribution in [0.3, 0.4) is 0 Å². The predicted octanol–water partition coefficient (Wildman–Crippen LogP) is 3.71. The van der Waals surface area contributed by atoms with Crippen LogP contribution in [0.1, 0.15) is 0 Å². The van der Waals surface area contributed by atoms with Crippen molar-refractivity contribution in [2.45, 2.75) is 0 Å². The predicted molar refractivity (Wildman–Crippen MR) is 83.8 cm³/mol. The molecule has 2 heterocycles. The molecule has 2 aromatic heterocycles. The van der Waals surface area contributed by atoms with E-state index in [0.29, 0.717) is 17.3 Å². The van der Waals surface area contributed by atoms with Gasteiger partial charge in [0.1, 0.15) is 23.6 Å². The Morgan fingerprint density at radius 3 is 2.26 bits per heavy atom. The van der Waals surface area contributed by atoms with Crippen LogP contribution < -0.4 is 9.47 Å². The van der Waals surface area contributed by atoms with Gasteiger partial charge in [0.2, 0.25) is 5.65 Å². The van der Waals surface area contributed by atoms with Crippen molar-refractivity contribution in [3.63, 3.8) is 0 Å². The standard InChI is InChI=1S/C17H12N4O2/c1-2-4-13(5-3-1)22-14-6-8-15(9-7-14)23-17-16-20-19-12-21(16)11-10-18-17/h1-12H. The van der Waals surface area contributed by atoms with Crippen LogP contribution in [0.15, 0.2) is 73.3 Å². The van der Waals surface area contributed by atoms with E-state index in [4.69, 9.17) is 9.47 Å². The van der Waals surface area contributed by atoms with Gasteiger partial charge in [-0.3, -0.25) is 4.40 Å². The highest BCUT2D eigenvalue weighted by atomic mass is 16.5. The van der Waals surface area contributed by atoms with Crippen molar-refractivity contribution in [1.29, 1.82) is 0 Å². The van der Waals surface area contributed by atoms with Gasteiger partial charge in [-0.2, -0.15) is 0 Å². The second-order valence-corrected chi connectivity index (χ2v) is 4.78. The third-order valence-corrected chi connectivity index (χ3v) is 3.20. The largest absolute Gasteiger partial charge is 0.457 e. The summed E-state index contributed by atoms with van der Waals surface area (Å²) < 4.78 is 13.3. The molecule has 0 radical (unpaired) electrons. The molecule has 2 aromatic carbocycles. The topological polar surface area (TPSA) is 61.5 Å². The quantitative estimate of drug-likeness (QED) is 0.575. The number of ether oxygens (including phenoxy) is 2. The summed E-state index contributed by atoms with van der Waals surface area (Å²) in [5.41, 5.74) is 0.567. The van der Waals surface area contributed by atoms with E-state index in [9.17, 15) is 0 Å². The summed E-state index contributed by atoms with van der Waals surface area (Å²) in [7, 11) is 0. The van der Waals surface area contributed by atoms with Crippen LogP contribution in [0.25, 0.3) is 5.65 Å². The molecule has 0 saturated carbocycles. The van der Waals surface area contributed by atoms with E-state index in [1.165, 1.54) is 0 Å². The molecule has 112 valence electrons. The average molecular weight is 304 g/mol. The molecule has 0 aliphatic carbocycles. The lowest BCUT2D eigenvalue weighted by atomic mass is 10.3. The van der Waals surface area contributed by atoms with Gasteiger partial charge in [0.25, 0.3) is 5.88 Å². The van der Waals surface area contributed by atoms with E-state index >= 15 is 0 Å². The third-order valence-electron chi connectivity index (χ3n) is 3.20. The molecule has 0 saturated heterocycles. The fourth-order valence-corrected chi connectivity index (χ4v) is 2.12. The van der Waals surface area contributed by atoms with Gasteiger partial charge in [0, 0.05) is 12.4 Å². The number of nitrogens with zero attached hydrogens (tertiary/aromatic N) is 4. The van der Waals surface area contributed by atoms with Gasteiger partial charge >= 0.3 is 0 Å². The first-order valence-corrected chi connectivity index (χ1v) is 7.04. The molecule has 0 spiro atoms. The highest BCUT2D eigenvalue weighted by molar-refractivity contribution is 5.49. The normalized spacial score (nSPS) is 10.6. The number of benzene rings is 2. The Bertz CT molecular complexity index is 920. The number of hydrogen-bond acceptors (Lipinski definition) is 5. The Labute approximate surface area is 132 Å². The highest BCUT2D eigenvalue weighted by Gasteiger charge is 2.07. The van der Waals surface area contributed by atoms with E-state index in [2.05, 4.69) is 15.2 Å². The third kappa shape index (κ3) is 2.82. The van der Waals surface area contributed by atoms with Gasteiger partial charge in [0.15, 0.2) is 0 Å². The summed E-state index contributed by atoms with van der Waals surface area (Å²) in [6, 6.07) is 16.9. The molecule has 0 N–H and O–H groups in total. The summed E-state index contributed by atoms with van der Waals surface area (Å²) in [5.74, 6) is 2.57. The van der Waals surface area contributed by atoms with E-state index in [1.54, 1.807) is 23.1 Å². The van der Waals surface area contributed by atoms with Crippen LogP contribution in [0.5, 0.6) is 23.1 Å². The highest BCUT2D eigenvalue weighted by Crippen LogP contribution is 2.26. The van der Waals surface area contributed by atoms with Gasteiger partial charge in [-0.15, -0.1) is 10.2 Å². The lowest BCUT2D eigenvalue weighted by molar-refractivity contribution is 0.458. The Kier molecular flexibility index (Phi) is 3.32. The number of hydrogen-bond donors (Lipinski definition) is 0. The second kappa shape index (κ2) is 5.76. The molecule has 0 atom stereocenters. The summed E-state index contributed by atoms with van der Waals surface area (Å²) >= 11 is 0. The van der Waals surface area contributed by atoms with Gasteiger partial charge in [-0.05, 0) is 36.4 Å². The summed E-state index contributed by atoms with van der Waals surface area (Å²) in [5, 5.41) is 7.83. The van der Waals surface area contributed by atoms with Crippen LogP contribution in [0.4, 0.5) is 0 Å². The molecule has 4 rings (SSSR count). The molecule has 4 aromatic rings. The van der Waals surface area contributed by atoms with E-state index in [0.717, 1.165) is 11.5 Å². The van der Waals surface area contributed by atoms with Crippen molar-refractivity contribution in [2.75, 3.05) is 0 Å². The Hall–Kier alpha value is -3.41. The molecule has 0 bridgehead atoms. The maximum Gasteiger partial charge on any atom is 0.265 e. The molecule has 23 heavy (non-hydrogen) atoms. The van der Waals surface area contributed by atoms with Gasteiger partial charge in [-0.25, -0.2) is 4.98 Å². The lowest BCUT2D eigenvalue weighted by Gasteiger charge is -2.08. The van der Waals surface area contributed by atoms with Crippen LogP contribution in [-0.4, -0.2) is 19.6 Å². The fourth-order valence-electron chi connectivity index (χ4n) is 2.12. The SMILES string of the molecule is c1ccc(Oc2ccc(Oc3nccn4cnnc34)cc2)cc1. The first-order valence-electron chi connectivity index (χ1n) is 7.04. The number of para-hydroxylation sites is 1. The molecule has 6 nitrogen and oxygen atoms in total. The fraction of sp³-hybridized carbons (Fsp3) is 0. The van der Waals surface area contributed by atoms with Crippen molar-refractivity contribution in [3.05, 3.63) is 73.3 Å². The first-order chi connectivity index (χ1) is 11.4. The Balaban J connectivity index is 1.53. The average Bonchev–Trinajstić information content (AvgIpc) is 3.07. The van der Waals surface area contributed by atoms with Crippen molar-refractivity contribution in [1.82, 2.24) is 19.6 Å². The minimum absolute atomic E-state index is 0.404. The Morgan fingerprint density at radius 1 is 0.783 bits per heavy atom. The van der Waals surface area contributed by atoms with E-state index < -0.39 is 0 Å². The minimum Gasteiger partial charge on any atom is -0.457 e. The second-order valence-electron chi connectivity index (χ2n) is 4.78. The Morgan fingerprint density at radius 2 is 1.48 bits per heavy atom. The summed E-state index contributed by atoms with van der Waals surface area (Å²) in [6.45, 7) is 0.